The average Bonchev–Trinajstić information content (AvgIpc) is 3.06. The van der Waals surface area contributed by atoms with Gasteiger partial charge in [0.1, 0.15) is 0 Å². The summed E-state index contributed by atoms with van der Waals surface area (Å²) in [7, 11) is 0. The molecule has 0 amide bonds. The Morgan fingerprint density at radius 2 is 2.04 bits per heavy atom. The molecule has 3 heterocycles. The van der Waals surface area contributed by atoms with E-state index in [-0.39, 0.29) is 0 Å². The van der Waals surface area contributed by atoms with Gasteiger partial charge in [0.05, 0.1) is 6.20 Å². The van der Waals surface area contributed by atoms with Crippen molar-refractivity contribution in [1.29, 1.82) is 0 Å². The molecule has 7 nitrogen and oxygen atoms in total. The highest BCUT2D eigenvalue weighted by Gasteiger charge is 2.19. The van der Waals surface area contributed by atoms with Crippen LogP contribution in [0.4, 0.5) is 11.6 Å². The molecule has 3 aromatic rings. The smallest absolute Gasteiger partial charge is 0.227 e. The fourth-order valence-electron chi connectivity index (χ4n) is 3.26. The summed E-state index contributed by atoms with van der Waals surface area (Å²) in [4.78, 5) is 9.53. The van der Waals surface area contributed by atoms with E-state index in [1.165, 1.54) is 0 Å². The fraction of sp³-hybridized carbons (Fsp3) is 0.421. The van der Waals surface area contributed by atoms with E-state index in [1.54, 1.807) is 4.52 Å². The summed E-state index contributed by atoms with van der Waals surface area (Å²) in [5.74, 6) is 1.69. The van der Waals surface area contributed by atoms with Crippen molar-refractivity contribution in [3.05, 3.63) is 36.0 Å². The minimum Gasteiger partial charge on any atom is -0.399 e. The molecule has 2 aromatic heterocycles. The molecule has 1 aliphatic rings. The molecule has 0 aliphatic carbocycles. The first-order valence-corrected chi connectivity index (χ1v) is 9.07. The molecule has 0 bridgehead atoms. The number of benzene rings is 1. The van der Waals surface area contributed by atoms with E-state index in [4.69, 9.17) is 20.4 Å². The first-order chi connectivity index (χ1) is 12.6. The summed E-state index contributed by atoms with van der Waals surface area (Å²) < 4.78 is 7.25. The highest BCUT2D eigenvalue weighted by Crippen LogP contribution is 2.26. The van der Waals surface area contributed by atoms with E-state index >= 15 is 0 Å². The first kappa shape index (κ1) is 16.8. The second kappa shape index (κ2) is 6.92. The lowest BCUT2D eigenvalue weighted by molar-refractivity contribution is 0.0903. The Balaban J connectivity index is 1.83. The molecule has 7 heteroatoms. The zero-order valence-corrected chi connectivity index (χ0v) is 15.1. The number of anilines is 2. The van der Waals surface area contributed by atoms with Crippen molar-refractivity contribution in [3.63, 3.8) is 0 Å². The van der Waals surface area contributed by atoms with Crippen molar-refractivity contribution in [2.45, 2.75) is 38.6 Å². The summed E-state index contributed by atoms with van der Waals surface area (Å²) in [6, 6.07) is 8.03. The Morgan fingerprint density at radius 3 is 2.77 bits per heavy atom. The Bertz CT molecular complexity index is 914. The molecule has 1 fully saturated rings. The number of nitrogens with two attached hydrogens (primary N) is 1. The minimum atomic E-state index is 0.324. The average molecular weight is 352 g/mol. The number of fused-ring (bicyclic) bond motifs is 1. The van der Waals surface area contributed by atoms with Crippen molar-refractivity contribution in [2.24, 2.45) is 0 Å². The van der Waals surface area contributed by atoms with Gasteiger partial charge in [-0.3, -0.25) is 0 Å². The van der Waals surface area contributed by atoms with Gasteiger partial charge in [-0.05, 0) is 30.9 Å². The molecule has 0 radical (unpaired) electrons. The van der Waals surface area contributed by atoms with Gasteiger partial charge in [0.15, 0.2) is 11.5 Å². The van der Waals surface area contributed by atoms with Crippen LogP contribution in [0.15, 0.2) is 30.5 Å². The van der Waals surface area contributed by atoms with Crippen LogP contribution in [0, 0.1) is 0 Å². The highest BCUT2D eigenvalue weighted by atomic mass is 16.5. The molecular formula is C19H24N6O. The molecule has 1 saturated heterocycles. The molecule has 0 atom stereocenters. The second-order valence-electron chi connectivity index (χ2n) is 7.02. The van der Waals surface area contributed by atoms with Crippen LogP contribution in [0.2, 0.25) is 0 Å². The first-order valence-electron chi connectivity index (χ1n) is 9.07. The molecule has 0 saturated carbocycles. The summed E-state index contributed by atoms with van der Waals surface area (Å²) in [6.45, 7) is 5.83. The molecule has 26 heavy (non-hydrogen) atoms. The maximum Gasteiger partial charge on any atom is 0.227 e. The Labute approximate surface area is 152 Å². The van der Waals surface area contributed by atoms with Crippen molar-refractivity contribution in [1.82, 2.24) is 19.6 Å². The van der Waals surface area contributed by atoms with Gasteiger partial charge in [-0.2, -0.15) is 19.6 Å². The van der Waals surface area contributed by atoms with Crippen molar-refractivity contribution in [3.8, 4) is 11.4 Å². The normalized spacial score (nSPS) is 15.7. The minimum absolute atomic E-state index is 0.324. The molecular weight excluding hydrogens is 328 g/mol. The largest absolute Gasteiger partial charge is 0.399 e. The fourth-order valence-corrected chi connectivity index (χ4v) is 3.26. The van der Waals surface area contributed by atoms with Crippen molar-refractivity contribution in [2.75, 3.05) is 24.3 Å². The van der Waals surface area contributed by atoms with Crippen molar-refractivity contribution >= 4 is 17.3 Å². The molecule has 0 spiro atoms. The Kier molecular flexibility index (Phi) is 4.46. The lowest BCUT2D eigenvalue weighted by Gasteiger charge is -2.23. The molecule has 136 valence electrons. The summed E-state index contributed by atoms with van der Waals surface area (Å²) in [5.41, 5.74) is 9.54. The van der Waals surface area contributed by atoms with Crippen LogP contribution in [0.3, 0.4) is 0 Å². The van der Waals surface area contributed by atoms with Gasteiger partial charge in [-0.15, -0.1) is 0 Å². The zero-order chi connectivity index (χ0) is 18.1. The number of nitrogens with one attached hydrogen (secondary N) is 1. The Hall–Kier alpha value is -2.67. The van der Waals surface area contributed by atoms with Gasteiger partial charge in [-0.1, -0.05) is 26.0 Å². The number of rotatable bonds is 4. The van der Waals surface area contributed by atoms with E-state index in [0.29, 0.717) is 23.6 Å². The van der Waals surface area contributed by atoms with Gasteiger partial charge in [-0.25, -0.2) is 0 Å². The van der Waals surface area contributed by atoms with Gasteiger partial charge in [0.2, 0.25) is 5.95 Å². The van der Waals surface area contributed by atoms with E-state index in [0.717, 1.165) is 48.7 Å². The van der Waals surface area contributed by atoms with Gasteiger partial charge >= 0.3 is 0 Å². The van der Waals surface area contributed by atoms with Gasteiger partial charge in [0, 0.05) is 36.1 Å². The molecule has 3 N–H and O–H groups in total. The third-order valence-electron chi connectivity index (χ3n) is 4.72. The van der Waals surface area contributed by atoms with E-state index in [9.17, 15) is 0 Å². The maximum absolute atomic E-state index is 5.98. The number of nitrogen functional groups attached to an aromatic ring is 1. The quantitative estimate of drug-likeness (QED) is 0.701. The van der Waals surface area contributed by atoms with Crippen LogP contribution < -0.4 is 11.1 Å². The van der Waals surface area contributed by atoms with E-state index < -0.39 is 0 Å². The summed E-state index contributed by atoms with van der Waals surface area (Å²) in [6.07, 6.45) is 3.79. The second-order valence-corrected chi connectivity index (χ2v) is 7.02. The van der Waals surface area contributed by atoms with Crippen LogP contribution >= 0.6 is 0 Å². The lowest BCUT2D eigenvalue weighted by atomic mass is 10.1. The third-order valence-corrected chi connectivity index (χ3v) is 4.72. The molecule has 1 aliphatic heterocycles. The van der Waals surface area contributed by atoms with Crippen LogP contribution in [0.1, 0.15) is 38.2 Å². The predicted octanol–water partition coefficient (Wildman–Crippen LogP) is 3.09. The van der Waals surface area contributed by atoms with Gasteiger partial charge in [0.25, 0.3) is 0 Å². The lowest BCUT2D eigenvalue weighted by Crippen LogP contribution is -2.29. The number of nitrogens with zero attached hydrogens (tertiary/aromatic N) is 4. The monoisotopic (exact) mass is 352 g/mol. The number of hydrogen-bond donors (Lipinski definition) is 2. The van der Waals surface area contributed by atoms with Crippen LogP contribution in [0.5, 0.6) is 0 Å². The number of aromatic nitrogens is 4. The molecule has 4 rings (SSSR count). The summed E-state index contributed by atoms with van der Waals surface area (Å²) in [5, 5.41) is 8.02. The van der Waals surface area contributed by atoms with E-state index in [2.05, 4.69) is 24.3 Å². The van der Waals surface area contributed by atoms with Crippen molar-refractivity contribution < 1.29 is 4.74 Å². The van der Waals surface area contributed by atoms with E-state index in [1.807, 2.05) is 30.5 Å². The maximum atomic E-state index is 5.98. The van der Waals surface area contributed by atoms with Crippen LogP contribution in [-0.2, 0) is 4.74 Å². The molecule has 0 unspecified atom stereocenters. The molecule has 1 aromatic carbocycles. The van der Waals surface area contributed by atoms with Gasteiger partial charge < -0.3 is 15.8 Å². The topological polar surface area (TPSA) is 90.4 Å². The SMILES string of the molecule is CC(C)c1cnn2c(-c3cccc(N)c3)nc(NC3CCOCC3)nc12. The number of hydrogen-bond acceptors (Lipinski definition) is 6. The standard InChI is InChI=1S/C19H24N6O/c1-12(2)16-11-21-25-17(13-4-3-5-14(20)10-13)23-19(24-18(16)25)22-15-6-8-26-9-7-15/h3-5,10-12,15H,6-9,20H2,1-2H3,(H,22,24). The predicted molar refractivity (Wildman–Crippen MR) is 102 cm³/mol. The Morgan fingerprint density at radius 1 is 1.23 bits per heavy atom. The third kappa shape index (κ3) is 3.22. The summed E-state index contributed by atoms with van der Waals surface area (Å²) >= 11 is 0. The van der Waals surface area contributed by atoms with Crippen LogP contribution in [0.25, 0.3) is 17.0 Å². The zero-order valence-electron chi connectivity index (χ0n) is 15.1. The van der Waals surface area contributed by atoms with Crippen LogP contribution in [-0.4, -0.2) is 38.8 Å². The highest BCUT2D eigenvalue weighted by molar-refractivity contribution is 5.66. The number of ether oxygens (including phenoxy) is 1.